The molecule has 0 bridgehead atoms. The number of ether oxygens (including phenoxy) is 1. The number of rotatable bonds is 11. The third-order valence-electron chi connectivity index (χ3n) is 11.9. The van der Waals surface area contributed by atoms with E-state index in [4.69, 9.17) is 14.7 Å². The molecule has 3 aliphatic heterocycles. The van der Waals surface area contributed by atoms with Crippen molar-refractivity contribution >= 4 is 34.2 Å². The summed E-state index contributed by atoms with van der Waals surface area (Å²) < 4.78 is 8.00. The second-order valence-corrected chi connectivity index (χ2v) is 15.3. The Hall–Kier alpha value is -5.88. The molecule has 1 unspecified atom stereocenters. The van der Waals surface area contributed by atoms with Gasteiger partial charge in [-0.25, -0.2) is 4.98 Å². The summed E-state index contributed by atoms with van der Waals surface area (Å²) in [5.74, 6) is 1.25. The van der Waals surface area contributed by atoms with Crippen LogP contribution < -0.4 is 10.6 Å². The van der Waals surface area contributed by atoms with Crippen molar-refractivity contribution in [1.82, 2.24) is 40.0 Å². The molecule has 0 aliphatic carbocycles. The van der Waals surface area contributed by atoms with Crippen LogP contribution in [0.4, 0.5) is 0 Å². The number of unbranched alkanes of at least 4 members (excludes halogenated alkanes) is 1. The summed E-state index contributed by atoms with van der Waals surface area (Å²) in [6, 6.07) is 17.9. The number of likely N-dealkylation sites (N-methyl/N-ethyl adjacent to an activating group) is 1. The van der Waals surface area contributed by atoms with Gasteiger partial charge in [0.2, 0.25) is 11.8 Å². The number of benzene rings is 2. The van der Waals surface area contributed by atoms with Gasteiger partial charge >= 0.3 is 0 Å². The molecule has 3 amide bonds. The maximum Gasteiger partial charge on any atom is 0.269 e. The van der Waals surface area contributed by atoms with E-state index in [9.17, 15) is 14.4 Å². The average molecular weight is 767 g/mol. The lowest BCUT2D eigenvalue weighted by atomic mass is 9.98. The van der Waals surface area contributed by atoms with Gasteiger partial charge in [-0.1, -0.05) is 43.0 Å². The first-order valence-electron chi connectivity index (χ1n) is 20.1. The van der Waals surface area contributed by atoms with E-state index in [2.05, 4.69) is 68.1 Å². The molecular weight excluding hydrogens is 717 g/mol. The number of fused-ring (bicyclic) bond motifs is 3. The van der Waals surface area contributed by atoms with Crippen LogP contribution >= 0.6 is 0 Å². The topological polar surface area (TPSA) is 135 Å². The molecule has 3 aliphatic rings. The summed E-state index contributed by atoms with van der Waals surface area (Å²) in [6.07, 6.45) is 8.09. The molecule has 6 heterocycles. The van der Waals surface area contributed by atoms with Gasteiger partial charge in [-0.2, -0.15) is 0 Å². The molecule has 1 saturated heterocycles. The van der Waals surface area contributed by atoms with Crippen molar-refractivity contribution < 1.29 is 19.1 Å². The summed E-state index contributed by atoms with van der Waals surface area (Å²) >= 11 is 0. The van der Waals surface area contributed by atoms with Crippen molar-refractivity contribution in [2.45, 2.75) is 77.5 Å². The van der Waals surface area contributed by atoms with Gasteiger partial charge in [0.25, 0.3) is 5.91 Å². The number of aromatic nitrogens is 4. The predicted molar refractivity (Wildman–Crippen MR) is 220 cm³/mol. The summed E-state index contributed by atoms with van der Waals surface area (Å²) in [6.45, 7) is 12.4. The summed E-state index contributed by atoms with van der Waals surface area (Å²) in [5, 5.41) is 7.77. The van der Waals surface area contributed by atoms with E-state index >= 15 is 0 Å². The van der Waals surface area contributed by atoms with Gasteiger partial charge in [0.15, 0.2) is 0 Å². The Balaban J connectivity index is 0.911. The van der Waals surface area contributed by atoms with Crippen LogP contribution in [-0.4, -0.2) is 86.4 Å². The van der Waals surface area contributed by atoms with Crippen LogP contribution in [0.15, 0.2) is 73.6 Å². The number of nitrogens with zero attached hydrogens (tertiary/aromatic N) is 6. The Kier molecular flexibility index (Phi) is 10.9. The van der Waals surface area contributed by atoms with Crippen LogP contribution in [-0.2, 0) is 40.4 Å². The van der Waals surface area contributed by atoms with Gasteiger partial charge in [-0.05, 0) is 73.7 Å². The molecule has 3 aromatic heterocycles. The van der Waals surface area contributed by atoms with Crippen LogP contribution in [0.3, 0.4) is 0 Å². The summed E-state index contributed by atoms with van der Waals surface area (Å²) in [5.41, 5.74) is 9.39. The molecule has 8 rings (SSSR count). The van der Waals surface area contributed by atoms with E-state index in [1.807, 2.05) is 30.2 Å². The molecule has 1 atom stereocenters. The highest BCUT2D eigenvalue weighted by Gasteiger charge is 2.32. The highest BCUT2D eigenvalue weighted by atomic mass is 16.5. The first-order chi connectivity index (χ1) is 27.7. The summed E-state index contributed by atoms with van der Waals surface area (Å²) in [4.78, 5) is 56.4. The zero-order valence-corrected chi connectivity index (χ0v) is 33.0. The average Bonchev–Trinajstić information content (AvgIpc) is 3.80. The van der Waals surface area contributed by atoms with Crippen molar-refractivity contribution in [2.75, 3.05) is 33.4 Å². The van der Waals surface area contributed by atoms with Gasteiger partial charge in [-0.15, -0.1) is 0 Å². The SMILES string of the molecule is C=C1c2cccc(CCCCNC(=O)c3ccc(-c4cc5cccc(-c6nc(C7CCOCC7)n7c6CN(C(C)=O)CC7)c5cn4)cn3)c2CN1C(C)C(=O)NC. The molecule has 0 spiro atoms. The quantitative estimate of drug-likeness (QED) is 0.154. The smallest absolute Gasteiger partial charge is 0.269 e. The third kappa shape index (κ3) is 7.53. The van der Waals surface area contributed by atoms with Crippen LogP contribution in [0, 0.1) is 0 Å². The van der Waals surface area contributed by atoms with E-state index in [-0.39, 0.29) is 23.8 Å². The molecule has 2 aromatic carbocycles. The van der Waals surface area contributed by atoms with E-state index in [0.717, 1.165) is 108 Å². The third-order valence-corrected chi connectivity index (χ3v) is 11.9. The maximum absolute atomic E-state index is 13.0. The molecule has 5 aromatic rings. The second-order valence-electron chi connectivity index (χ2n) is 15.3. The second kappa shape index (κ2) is 16.3. The van der Waals surface area contributed by atoms with Gasteiger partial charge in [0.1, 0.15) is 17.6 Å². The number of aryl methyl sites for hydroxylation is 1. The van der Waals surface area contributed by atoms with Gasteiger partial charge in [0.05, 0.1) is 23.6 Å². The number of carbonyl (C=O) groups is 3. The lowest BCUT2D eigenvalue weighted by Crippen LogP contribution is -2.40. The van der Waals surface area contributed by atoms with Crippen molar-refractivity contribution in [1.29, 1.82) is 0 Å². The highest BCUT2D eigenvalue weighted by molar-refractivity contribution is 5.97. The summed E-state index contributed by atoms with van der Waals surface area (Å²) in [7, 11) is 1.66. The Morgan fingerprint density at radius 1 is 0.965 bits per heavy atom. The molecule has 12 nitrogen and oxygen atoms in total. The minimum atomic E-state index is -0.296. The number of hydrogen-bond donors (Lipinski definition) is 2. The normalized spacial score (nSPS) is 16.0. The number of carbonyl (C=O) groups excluding carboxylic acids is 3. The number of hydrogen-bond acceptors (Lipinski definition) is 8. The fourth-order valence-corrected chi connectivity index (χ4v) is 8.56. The number of amides is 3. The van der Waals surface area contributed by atoms with Gasteiger partial charge in [-0.3, -0.25) is 24.4 Å². The Bertz CT molecular complexity index is 2350. The van der Waals surface area contributed by atoms with Gasteiger partial charge in [0, 0.05) is 99.4 Å². The minimum Gasteiger partial charge on any atom is -0.381 e. The molecule has 0 saturated carbocycles. The lowest BCUT2D eigenvalue weighted by Gasteiger charge is -2.30. The number of nitrogens with one attached hydrogen (secondary N) is 2. The highest BCUT2D eigenvalue weighted by Crippen LogP contribution is 2.38. The first-order valence-corrected chi connectivity index (χ1v) is 20.1. The fraction of sp³-hybridized carbons (Fsp3) is 0.378. The monoisotopic (exact) mass is 766 g/mol. The Labute approximate surface area is 333 Å². The number of pyridine rings is 2. The van der Waals surface area contributed by atoms with E-state index in [0.29, 0.717) is 37.8 Å². The maximum atomic E-state index is 13.0. The van der Waals surface area contributed by atoms with Crippen LogP contribution in [0.25, 0.3) is 39.0 Å². The Morgan fingerprint density at radius 2 is 1.77 bits per heavy atom. The lowest BCUT2D eigenvalue weighted by molar-refractivity contribution is -0.130. The Morgan fingerprint density at radius 3 is 2.54 bits per heavy atom. The first kappa shape index (κ1) is 38.0. The van der Waals surface area contributed by atoms with Gasteiger partial charge < -0.3 is 29.7 Å². The van der Waals surface area contributed by atoms with Crippen molar-refractivity contribution in [3.05, 3.63) is 107 Å². The predicted octanol–water partition coefficient (Wildman–Crippen LogP) is 6.09. The van der Waals surface area contributed by atoms with E-state index < -0.39 is 0 Å². The largest absolute Gasteiger partial charge is 0.381 e. The molecule has 57 heavy (non-hydrogen) atoms. The number of imidazole rings is 1. The van der Waals surface area contributed by atoms with Crippen LogP contribution in [0.2, 0.25) is 0 Å². The van der Waals surface area contributed by atoms with E-state index in [1.165, 1.54) is 11.1 Å². The van der Waals surface area contributed by atoms with Crippen molar-refractivity contribution in [2.24, 2.45) is 0 Å². The molecule has 294 valence electrons. The molecular formula is C45H50N8O4. The van der Waals surface area contributed by atoms with E-state index in [1.54, 1.807) is 26.2 Å². The molecule has 2 N–H and O–H groups in total. The van der Waals surface area contributed by atoms with Crippen molar-refractivity contribution in [3.63, 3.8) is 0 Å². The fourth-order valence-electron chi connectivity index (χ4n) is 8.56. The van der Waals surface area contributed by atoms with Crippen LogP contribution in [0.1, 0.15) is 84.1 Å². The van der Waals surface area contributed by atoms with Crippen molar-refractivity contribution in [3.8, 4) is 22.5 Å². The zero-order valence-electron chi connectivity index (χ0n) is 33.0. The molecule has 12 heteroatoms. The molecule has 1 fully saturated rings. The zero-order chi connectivity index (χ0) is 39.6. The molecule has 0 radical (unpaired) electrons. The standard InChI is InChI=1S/C45H50N8O4/c1-28-35-12-7-10-31(38(35)26-53(28)29(2)44(55)46-4)9-5-6-18-47-45(56)39-15-14-34(24-48-39)40-23-33-11-8-13-36(37(33)25-49-40)42-41-27-51(30(3)54)19-20-52(41)43(50-42)32-16-21-57-22-17-32/h7-8,10-15,23-25,29,32H,1,5-6,9,16-22,26-27H2,2-4H3,(H,46,55)(H,47,56). The minimum absolute atomic E-state index is 0.0285. The van der Waals surface area contributed by atoms with Crippen LogP contribution in [0.5, 0.6) is 0 Å².